The summed E-state index contributed by atoms with van der Waals surface area (Å²) in [4.78, 5) is 19.5. The van der Waals surface area contributed by atoms with E-state index in [0.717, 1.165) is 16.9 Å². The molecule has 5 rings (SSSR count). The van der Waals surface area contributed by atoms with Gasteiger partial charge in [0, 0.05) is 30.3 Å². The molecule has 0 spiro atoms. The molecule has 0 unspecified atom stereocenters. The van der Waals surface area contributed by atoms with Crippen molar-refractivity contribution in [3.05, 3.63) is 84.4 Å². The first-order valence-corrected chi connectivity index (χ1v) is 12.1. The summed E-state index contributed by atoms with van der Waals surface area (Å²) < 4.78 is 2.35. The fourth-order valence-electron chi connectivity index (χ4n) is 5.03. The molecule has 1 aliphatic carbocycles. The van der Waals surface area contributed by atoms with Crippen molar-refractivity contribution < 1.29 is 4.79 Å². The quantitative estimate of drug-likeness (QED) is 0.508. The largest absolute Gasteiger partial charge is 0.352 e. The van der Waals surface area contributed by atoms with E-state index in [9.17, 15) is 4.79 Å². The first kappa shape index (κ1) is 21.6. The maximum atomic E-state index is 12.9. The van der Waals surface area contributed by atoms with E-state index in [0.29, 0.717) is 11.2 Å². The highest BCUT2D eigenvalue weighted by molar-refractivity contribution is 7.80. The smallest absolute Gasteiger partial charge is 0.244 e. The molecular weight excluding hydrogens is 430 g/mol. The second kappa shape index (κ2) is 9.75. The molecule has 2 atom stereocenters. The monoisotopic (exact) mass is 459 g/mol. The van der Waals surface area contributed by atoms with Gasteiger partial charge in [0.25, 0.3) is 0 Å². The lowest BCUT2D eigenvalue weighted by Gasteiger charge is -2.27. The second-order valence-electron chi connectivity index (χ2n) is 8.85. The Hall–Kier alpha value is -3.19. The van der Waals surface area contributed by atoms with Crippen LogP contribution in [0.3, 0.4) is 0 Å². The topological polar surface area (TPSA) is 62.2 Å². The highest BCUT2D eigenvalue weighted by atomic mass is 32.1. The SMILES string of the molecule is O=C(CN1C(=S)N[C@@H](c2ccccn2)[C@H]1c1ccn(C2CCCCC2)c1)Nc1ccccc1. The van der Waals surface area contributed by atoms with Gasteiger partial charge in [-0.25, -0.2) is 0 Å². The zero-order chi connectivity index (χ0) is 22.6. The number of amides is 1. The Morgan fingerprint density at radius 3 is 2.61 bits per heavy atom. The van der Waals surface area contributed by atoms with E-state index in [-0.39, 0.29) is 24.5 Å². The Bertz CT molecular complexity index is 1090. The molecule has 170 valence electrons. The molecule has 2 aliphatic rings. The minimum absolute atomic E-state index is 0.0938. The van der Waals surface area contributed by atoms with E-state index in [1.54, 1.807) is 6.20 Å². The van der Waals surface area contributed by atoms with Gasteiger partial charge < -0.3 is 20.1 Å². The highest BCUT2D eigenvalue weighted by Gasteiger charge is 2.41. The molecule has 33 heavy (non-hydrogen) atoms. The number of pyridine rings is 1. The molecule has 1 aromatic carbocycles. The Labute approximate surface area is 200 Å². The molecule has 7 heteroatoms. The van der Waals surface area contributed by atoms with Crippen LogP contribution in [0.25, 0.3) is 0 Å². The van der Waals surface area contributed by atoms with Crippen LogP contribution in [0.1, 0.15) is 61.5 Å². The number of benzene rings is 1. The summed E-state index contributed by atoms with van der Waals surface area (Å²) in [5.74, 6) is -0.0938. The van der Waals surface area contributed by atoms with Gasteiger partial charge in [0.1, 0.15) is 6.54 Å². The fourth-order valence-corrected chi connectivity index (χ4v) is 5.33. The number of carbonyl (C=O) groups excluding carboxylic acids is 1. The van der Waals surface area contributed by atoms with E-state index >= 15 is 0 Å². The predicted molar refractivity (Wildman–Crippen MR) is 134 cm³/mol. The minimum atomic E-state index is -0.120. The number of hydrogen-bond donors (Lipinski definition) is 2. The van der Waals surface area contributed by atoms with Gasteiger partial charge in [-0.1, -0.05) is 43.5 Å². The van der Waals surface area contributed by atoms with E-state index in [2.05, 4.69) is 38.6 Å². The summed E-state index contributed by atoms with van der Waals surface area (Å²) in [5.41, 5.74) is 2.85. The van der Waals surface area contributed by atoms with Crippen LogP contribution in [0.5, 0.6) is 0 Å². The van der Waals surface area contributed by atoms with Gasteiger partial charge in [-0.3, -0.25) is 9.78 Å². The molecule has 1 saturated heterocycles. The predicted octanol–water partition coefficient (Wildman–Crippen LogP) is 5.00. The second-order valence-corrected chi connectivity index (χ2v) is 9.24. The zero-order valence-corrected chi connectivity index (χ0v) is 19.4. The first-order chi connectivity index (χ1) is 16.2. The molecule has 3 aromatic rings. The number of para-hydroxylation sites is 1. The van der Waals surface area contributed by atoms with Crippen LogP contribution in [0, 0.1) is 0 Å². The van der Waals surface area contributed by atoms with Crippen LogP contribution in [-0.2, 0) is 4.79 Å². The normalized spacial score (nSPS) is 21.1. The van der Waals surface area contributed by atoms with Crippen molar-refractivity contribution >= 4 is 28.9 Å². The van der Waals surface area contributed by atoms with Crippen molar-refractivity contribution in [1.29, 1.82) is 0 Å². The number of carbonyl (C=O) groups is 1. The van der Waals surface area contributed by atoms with Gasteiger partial charge in [-0.2, -0.15) is 0 Å². The number of rotatable bonds is 6. The lowest BCUT2D eigenvalue weighted by molar-refractivity contribution is -0.116. The third-order valence-electron chi connectivity index (χ3n) is 6.64. The van der Waals surface area contributed by atoms with Crippen LogP contribution in [0.15, 0.2) is 73.2 Å². The van der Waals surface area contributed by atoms with Crippen LogP contribution >= 0.6 is 12.2 Å². The van der Waals surface area contributed by atoms with Gasteiger partial charge in [-0.15, -0.1) is 0 Å². The number of aromatic nitrogens is 2. The summed E-state index contributed by atoms with van der Waals surface area (Å²) in [6, 6.07) is 17.9. The molecule has 6 nitrogen and oxygen atoms in total. The van der Waals surface area contributed by atoms with E-state index in [1.165, 1.54) is 32.1 Å². The standard InChI is InChI=1S/C26H29N5OS/c32-23(28-20-9-3-1-4-10-20)18-31-25(24(29-26(31)33)22-13-7-8-15-27-22)19-14-16-30(17-19)21-11-5-2-6-12-21/h1,3-4,7-10,13-17,21,24-25H,2,5-6,11-12,18H2,(H,28,32)(H,29,33)/t24-,25+/m0/s1. The number of nitrogens with zero attached hydrogens (tertiary/aromatic N) is 3. The molecule has 1 aliphatic heterocycles. The number of anilines is 1. The molecule has 0 radical (unpaired) electrons. The van der Waals surface area contributed by atoms with Gasteiger partial charge in [0.05, 0.1) is 17.8 Å². The summed E-state index contributed by atoms with van der Waals surface area (Å²) >= 11 is 5.71. The highest BCUT2D eigenvalue weighted by Crippen LogP contribution is 2.39. The van der Waals surface area contributed by atoms with Crippen molar-refractivity contribution in [3.8, 4) is 0 Å². The molecule has 1 amide bonds. The molecule has 2 aromatic heterocycles. The number of hydrogen-bond acceptors (Lipinski definition) is 3. The van der Waals surface area contributed by atoms with Crippen molar-refractivity contribution in [2.75, 3.05) is 11.9 Å². The Morgan fingerprint density at radius 2 is 1.85 bits per heavy atom. The Kier molecular flexibility index (Phi) is 6.39. The lowest BCUT2D eigenvalue weighted by atomic mass is 9.95. The van der Waals surface area contributed by atoms with E-state index in [1.807, 2.05) is 53.4 Å². The summed E-state index contributed by atoms with van der Waals surface area (Å²) in [7, 11) is 0. The number of thiocarbonyl (C=S) groups is 1. The summed E-state index contributed by atoms with van der Waals surface area (Å²) in [6.07, 6.45) is 12.6. The van der Waals surface area contributed by atoms with Gasteiger partial charge >= 0.3 is 0 Å². The van der Waals surface area contributed by atoms with Crippen LogP contribution in [0.4, 0.5) is 5.69 Å². The van der Waals surface area contributed by atoms with Crippen LogP contribution in [0.2, 0.25) is 0 Å². The van der Waals surface area contributed by atoms with E-state index in [4.69, 9.17) is 12.2 Å². The Morgan fingerprint density at radius 1 is 1.06 bits per heavy atom. The average molecular weight is 460 g/mol. The maximum absolute atomic E-state index is 12.9. The maximum Gasteiger partial charge on any atom is 0.244 e. The molecule has 2 N–H and O–H groups in total. The molecule has 3 heterocycles. The van der Waals surface area contributed by atoms with Gasteiger partial charge in [-0.05, 0) is 61.0 Å². The van der Waals surface area contributed by atoms with Crippen molar-refractivity contribution in [2.24, 2.45) is 0 Å². The lowest BCUT2D eigenvalue weighted by Crippen LogP contribution is -2.37. The molecule has 1 saturated carbocycles. The van der Waals surface area contributed by atoms with Gasteiger partial charge in [0.15, 0.2) is 5.11 Å². The summed E-state index contributed by atoms with van der Waals surface area (Å²) in [5, 5.41) is 6.99. The van der Waals surface area contributed by atoms with Crippen LogP contribution < -0.4 is 10.6 Å². The van der Waals surface area contributed by atoms with Crippen molar-refractivity contribution in [3.63, 3.8) is 0 Å². The molecular formula is C26H29N5OS. The molecule has 0 bridgehead atoms. The number of nitrogens with one attached hydrogen (secondary N) is 2. The zero-order valence-electron chi connectivity index (χ0n) is 18.6. The van der Waals surface area contributed by atoms with Crippen molar-refractivity contribution in [1.82, 2.24) is 19.8 Å². The van der Waals surface area contributed by atoms with Crippen molar-refractivity contribution in [2.45, 2.75) is 50.2 Å². The van der Waals surface area contributed by atoms with Gasteiger partial charge in [0.2, 0.25) is 5.91 Å². The third-order valence-corrected chi connectivity index (χ3v) is 7.00. The summed E-state index contributed by atoms with van der Waals surface area (Å²) in [6.45, 7) is 0.170. The third kappa shape index (κ3) is 4.78. The fraction of sp³-hybridized carbons (Fsp3) is 0.346. The van der Waals surface area contributed by atoms with Crippen LogP contribution in [-0.4, -0.2) is 32.0 Å². The first-order valence-electron chi connectivity index (χ1n) is 11.7. The van der Waals surface area contributed by atoms with E-state index < -0.39 is 0 Å². The minimum Gasteiger partial charge on any atom is -0.352 e. The Balaban J connectivity index is 1.42. The average Bonchev–Trinajstić information content (AvgIpc) is 3.46. The molecule has 2 fully saturated rings.